The van der Waals surface area contributed by atoms with E-state index >= 15 is 0 Å². The number of benzene rings is 1. The molecule has 0 bridgehead atoms. The Labute approximate surface area is 167 Å². The molecule has 1 aromatic rings. The van der Waals surface area contributed by atoms with E-state index in [0.717, 1.165) is 0 Å². The van der Waals surface area contributed by atoms with Gasteiger partial charge in [-0.1, -0.05) is 58.0 Å². The molecule has 1 rings (SSSR count). The first kappa shape index (κ1) is 22.6. The van der Waals surface area contributed by atoms with E-state index in [1.807, 2.05) is 0 Å². The maximum Gasteiger partial charge on any atom is 2.00 e. The van der Waals surface area contributed by atoms with Gasteiger partial charge in [0.1, 0.15) is 16.1 Å². The van der Waals surface area contributed by atoms with Crippen LogP contribution in [0.1, 0.15) is 9.78 Å². The van der Waals surface area contributed by atoms with E-state index < -0.39 is 12.1 Å². The van der Waals surface area contributed by atoms with Gasteiger partial charge in [0.05, 0.1) is 15.1 Å². The van der Waals surface area contributed by atoms with E-state index in [1.54, 1.807) is 0 Å². The second-order valence-corrected chi connectivity index (χ2v) is 4.89. The van der Waals surface area contributed by atoms with Gasteiger partial charge in [-0.3, -0.25) is 0 Å². The first-order valence-electron chi connectivity index (χ1n) is 4.18. The van der Waals surface area contributed by atoms with Crippen LogP contribution in [0.4, 0.5) is 0 Å². The molecule has 3 N–H and O–H groups in total. The van der Waals surface area contributed by atoms with E-state index in [1.165, 1.54) is 6.92 Å². The summed E-state index contributed by atoms with van der Waals surface area (Å²) in [7, 11) is 0. The molecule has 0 radical (unpaired) electrons. The van der Waals surface area contributed by atoms with E-state index in [2.05, 4.69) is 0 Å². The average Bonchev–Trinajstić information content (AvgIpc) is 2.29. The molecule has 0 saturated heterocycles. The molecule has 0 aromatic heterocycles. The minimum Gasteiger partial charge on any atom is -1.00 e. The van der Waals surface area contributed by atoms with Crippen LogP contribution < -0.4 is 4.74 Å². The van der Waals surface area contributed by atoms with Crippen LogP contribution in [0, 0.1) is 0 Å². The van der Waals surface area contributed by atoms with Crippen LogP contribution in [-0.4, -0.2) is 60.4 Å². The summed E-state index contributed by atoms with van der Waals surface area (Å²) in [6, 6.07) is 0. The molecular formula is C9H9CaCl5O4. The quantitative estimate of drug-likeness (QED) is 0.273. The minimum absolute atomic E-state index is 0. The number of carbonyl (C=O) groups is 1. The van der Waals surface area contributed by atoms with Crippen molar-refractivity contribution in [2.45, 2.75) is 13.0 Å². The Bertz CT molecular complexity index is 461. The number of esters is 1. The summed E-state index contributed by atoms with van der Waals surface area (Å²) < 4.78 is 4.77. The number of rotatable bonds is 2. The third-order valence-corrected chi connectivity index (χ3v) is 3.96. The van der Waals surface area contributed by atoms with Crippen LogP contribution in [0.15, 0.2) is 0 Å². The van der Waals surface area contributed by atoms with Crippen molar-refractivity contribution in [2.75, 3.05) is 0 Å². The maximum absolute atomic E-state index is 11.2. The van der Waals surface area contributed by atoms with Gasteiger partial charge in [0, 0.05) is 0 Å². The Morgan fingerprint density at radius 2 is 1.37 bits per heavy atom. The first-order valence-corrected chi connectivity index (χ1v) is 6.07. The van der Waals surface area contributed by atoms with Gasteiger partial charge < -0.3 is 18.2 Å². The third kappa shape index (κ3) is 5.22. The van der Waals surface area contributed by atoms with Crippen molar-refractivity contribution in [2.24, 2.45) is 0 Å². The molecule has 1 atom stereocenters. The van der Waals surface area contributed by atoms with Gasteiger partial charge >= 0.3 is 43.7 Å². The summed E-state index contributed by atoms with van der Waals surface area (Å²) >= 11 is 28.9. The third-order valence-electron chi connectivity index (χ3n) is 1.71. The second-order valence-electron chi connectivity index (χ2n) is 3.00. The van der Waals surface area contributed by atoms with E-state index in [0.29, 0.717) is 0 Å². The summed E-state index contributed by atoms with van der Waals surface area (Å²) in [6.45, 7) is 1.23. The Balaban J connectivity index is -0.000000361. The van der Waals surface area contributed by atoms with Crippen molar-refractivity contribution in [3.63, 3.8) is 0 Å². The number of carbonyl (C=O) groups excluding carboxylic acids is 1. The number of hydrogen-bond donors (Lipinski definition) is 1. The van der Waals surface area contributed by atoms with E-state index in [-0.39, 0.29) is 76.9 Å². The molecule has 0 amide bonds. The van der Waals surface area contributed by atoms with Crippen molar-refractivity contribution in [1.29, 1.82) is 0 Å². The van der Waals surface area contributed by atoms with Crippen molar-refractivity contribution in [3.05, 3.63) is 25.1 Å². The van der Waals surface area contributed by atoms with Crippen LogP contribution in [0.3, 0.4) is 0 Å². The fourth-order valence-corrected chi connectivity index (χ4v) is 2.06. The summed E-state index contributed by atoms with van der Waals surface area (Å²) in [6.07, 6.45) is -1.34. The number of halogens is 5. The summed E-state index contributed by atoms with van der Waals surface area (Å²) in [5, 5.41) is 8.48. The van der Waals surface area contributed by atoms with Gasteiger partial charge in [-0.05, 0) is 6.92 Å². The molecule has 0 saturated carbocycles. The molecule has 0 fully saturated rings. The zero-order chi connectivity index (χ0) is 13.3. The average molecular weight is 399 g/mol. The first-order chi connectivity index (χ1) is 7.77. The standard InChI is InChI=1S/C9H5Cl5O3.Ca.H2O.2H/c1-2(15)9(16)17-8-6(13)4(11)3(10)5(12)7(8)14;;;;/h2,15H,1H3;;1H2;;/q;+2;;2*-1. The van der Waals surface area contributed by atoms with Crippen LogP contribution in [0.5, 0.6) is 5.75 Å². The zero-order valence-electron chi connectivity index (χ0n) is 11.4. The fourth-order valence-electron chi connectivity index (χ4n) is 0.860. The van der Waals surface area contributed by atoms with Gasteiger partial charge in [-0.2, -0.15) is 0 Å². The number of aliphatic hydroxyl groups is 1. The molecule has 0 spiro atoms. The van der Waals surface area contributed by atoms with Crippen LogP contribution in [-0.2, 0) is 4.79 Å². The molecule has 0 aliphatic heterocycles. The maximum atomic E-state index is 11.2. The number of aliphatic hydroxyl groups excluding tert-OH is 1. The topological polar surface area (TPSA) is 78.0 Å². The van der Waals surface area contributed by atoms with Crippen molar-refractivity contribution in [1.82, 2.24) is 0 Å². The second kappa shape index (κ2) is 9.36. The number of hydrogen-bond acceptors (Lipinski definition) is 3. The molecule has 0 heterocycles. The summed E-state index contributed by atoms with van der Waals surface area (Å²) in [4.78, 5) is 11.2. The largest absolute Gasteiger partial charge is 2.00 e. The van der Waals surface area contributed by atoms with Crippen molar-refractivity contribution < 1.29 is 23.0 Å². The molecule has 0 aliphatic rings. The molecule has 1 aromatic carbocycles. The normalized spacial score (nSPS) is 11.1. The fraction of sp³-hybridized carbons (Fsp3) is 0.222. The summed E-state index contributed by atoms with van der Waals surface area (Å²) in [5.74, 6) is -1.18. The molecule has 10 heteroatoms. The van der Waals surface area contributed by atoms with Gasteiger partial charge in [0.2, 0.25) is 0 Å². The molecular weight excluding hydrogens is 389 g/mol. The Morgan fingerprint density at radius 1 is 1.05 bits per heavy atom. The van der Waals surface area contributed by atoms with Crippen molar-refractivity contribution in [3.8, 4) is 5.75 Å². The van der Waals surface area contributed by atoms with Crippen LogP contribution in [0.25, 0.3) is 0 Å². The van der Waals surface area contributed by atoms with E-state index in [4.69, 9.17) is 67.8 Å². The monoisotopic (exact) mass is 396 g/mol. The number of ether oxygens (including phenoxy) is 1. The molecule has 1 unspecified atom stereocenters. The summed E-state index contributed by atoms with van der Waals surface area (Å²) in [5.41, 5.74) is 0. The minimum atomic E-state index is -1.34. The Morgan fingerprint density at radius 3 is 1.68 bits per heavy atom. The predicted octanol–water partition coefficient (Wildman–Crippen LogP) is 3.26. The molecule has 19 heavy (non-hydrogen) atoms. The molecule has 4 nitrogen and oxygen atoms in total. The van der Waals surface area contributed by atoms with E-state index in [9.17, 15) is 4.79 Å². The predicted molar refractivity (Wildman–Crippen MR) is 80.4 cm³/mol. The Hall–Kier alpha value is 1.32. The van der Waals surface area contributed by atoms with Gasteiger partial charge in [-0.15, -0.1) is 0 Å². The Kier molecular flexibility index (Phi) is 11.1. The smallest absolute Gasteiger partial charge is 1.00 e. The van der Waals surface area contributed by atoms with Gasteiger partial charge in [-0.25, -0.2) is 4.79 Å². The zero-order valence-corrected chi connectivity index (χ0v) is 15.4. The van der Waals surface area contributed by atoms with Crippen molar-refractivity contribution >= 4 is 102 Å². The van der Waals surface area contributed by atoms with Crippen LogP contribution in [0.2, 0.25) is 25.1 Å². The van der Waals surface area contributed by atoms with Gasteiger partial charge in [0.15, 0.2) is 5.75 Å². The van der Waals surface area contributed by atoms with Gasteiger partial charge in [0.25, 0.3) is 0 Å². The molecule has 0 aliphatic carbocycles. The molecule has 106 valence electrons. The SMILES string of the molecule is CC(O)C(=O)Oc1c(Cl)c(Cl)c(Cl)c(Cl)c1Cl.O.[Ca+2].[H-].[H-]. The van der Waals surface area contributed by atoms with Crippen LogP contribution >= 0.6 is 58.0 Å².